The van der Waals surface area contributed by atoms with Gasteiger partial charge in [0.05, 0.1) is 12.4 Å². The molecule has 0 aromatic heterocycles. The predicted molar refractivity (Wildman–Crippen MR) is 101 cm³/mol. The molecule has 4 heteroatoms. The first-order chi connectivity index (χ1) is 12.1. The molecular weight excluding hydrogens is 328 g/mol. The zero-order valence-corrected chi connectivity index (χ0v) is 16.7. The molecule has 3 aliphatic rings. The summed E-state index contributed by atoms with van der Waals surface area (Å²) < 4.78 is 10.9. The fraction of sp³-hybridized carbons (Fsp3) is 0.773. The molecule has 1 N–H and O–H groups in total. The number of rotatable bonds is 3. The number of aliphatic hydroxyl groups is 1. The van der Waals surface area contributed by atoms with Crippen molar-refractivity contribution in [2.45, 2.75) is 85.0 Å². The maximum atomic E-state index is 11.2. The van der Waals surface area contributed by atoms with Crippen LogP contribution >= 0.6 is 0 Å². The van der Waals surface area contributed by atoms with E-state index in [9.17, 15) is 9.90 Å². The van der Waals surface area contributed by atoms with Gasteiger partial charge in [0, 0.05) is 13.3 Å². The van der Waals surface area contributed by atoms with Crippen molar-refractivity contribution >= 4 is 5.97 Å². The van der Waals surface area contributed by atoms with Crippen molar-refractivity contribution in [1.29, 1.82) is 0 Å². The maximum Gasteiger partial charge on any atom is 0.307 e. The van der Waals surface area contributed by atoms with E-state index < -0.39 is 6.29 Å². The third-order valence-corrected chi connectivity index (χ3v) is 7.29. The van der Waals surface area contributed by atoms with E-state index in [4.69, 9.17) is 9.47 Å². The number of hydrogen-bond acceptors (Lipinski definition) is 4. The van der Waals surface area contributed by atoms with Crippen molar-refractivity contribution in [1.82, 2.24) is 0 Å². The second kappa shape index (κ2) is 7.12. The predicted octanol–water partition coefficient (Wildman–Crippen LogP) is 4.73. The summed E-state index contributed by atoms with van der Waals surface area (Å²) in [6.07, 6.45) is 7.76. The van der Waals surface area contributed by atoms with Gasteiger partial charge in [-0.3, -0.25) is 4.79 Å². The van der Waals surface area contributed by atoms with Crippen LogP contribution in [0.1, 0.15) is 72.6 Å². The van der Waals surface area contributed by atoms with Gasteiger partial charge in [0.1, 0.15) is 0 Å². The van der Waals surface area contributed by atoms with E-state index in [0.29, 0.717) is 23.7 Å². The minimum Gasteiger partial charge on any atom is -0.435 e. The average molecular weight is 363 g/mol. The first-order valence-corrected chi connectivity index (χ1v) is 10.0. The number of carbonyl (C=O) groups is 1. The smallest absolute Gasteiger partial charge is 0.307 e. The lowest BCUT2D eigenvalue weighted by molar-refractivity contribution is -0.135. The molecular formula is C22H34O4. The zero-order valence-electron chi connectivity index (χ0n) is 16.7. The first kappa shape index (κ1) is 19.6. The normalized spacial score (nSPS) is 41.1. The van der Waals surface area contributed by atoms with Crippen LogP contribution in [0.2, 0.25) is 0 Å². The Bertz CT molecular complexity index is 605. The highest BCUT2D eigenvalue weighted by Gasteiger charge is 2.53. The minimum atomic E-state index is -0.815. The number of fused-ring (bicyclic) bond motifs is 1. The van der Waals surface area contributed by atoms with E-state index in [1.807, 2.05) is 0 Å². The van der Waals surface area contributed by atoms with E-state index in [-0.39, 0.29) is 17.5 Å². The third kappa shape index (κ3) is 3.63. The Balaban J connectivity index is 1.83. The Labute approximate surface area is 157 Å². The lowest BCUT2D eigenvalue weighted by atomic mass is 9.47. The summed E-state index contributed by atoms with van der Waals surface area (Å²) in [7, 11) is 0. The molecule has 2 saturated carbocycles. The molecule has 4 nitrogen and oxygen atoms in total. The van der Waals surface area contributed by atoms with E-state index in [0.717, 1.165) is 18.4 Å². The number of esters is 1. The van der Waals surface area contributed by atoms with Crippen LogP contribution in [0.3, 0.4) is 0 Å². The monoisotopic (exact) mass is 362 g/mol. The highest BCUT2D eigenvalue weighted by Crippen LogP contribution is 2.62. The van der Waals surface area contributed by atoms with Gasteiger partial charge in [0.15, 0.2) is 6.29 Å². The van der Waals surface area contributed by atoms with Gasteiger partial charge in [-0.25, -0.2) is 0 Å². The van der Waals surface area contributed by atoms with Gasteiger partial charge >= 0.3 is 5.97 Å². The number of hydrogen-bond donors (Lipinski definition) is 1. The molecule has 0 radical (unpaired) electrons. The third-order valence-electron chi connectivity index (χ3n) is 7.29. The van der Waals surface area contributed by atoms with Gasteiger partial charge in [-0.15, -0.1) is 0 Å². The largest absolute Gasteiger partial charge is 0.435 e. The Morgan fingerprint density at radius 2 is 2.12 bits per heavy atom. The summed E-state index contributed by atoms with van der Waals surface area (Å²) in [6, 6.07) is 0. The Morgan fingerprint density at radius 3 is 2.81 bits per heavy atom. The minimum absolute atomic E-state index is 0.202. The van der Waals surface area contributed by atoms with Crippen LogP contribution in [0.25, 0.3) is 0 Å². The molecule has 1 heterocycles. The molecule has 3 fully saturated rings. The average Bonchev–Trinajstić information content (AvgIpc) is 2.88. The summed E-state index contributed by atoms with van der Waals surface area (Å²) in [5.74, 6) is 0.712. The standard InChI is InChI=1S/C22H34O4/c1-14-7-8-19-21(3,4)9-6-10-22(19,5)17(14)12-18-16(11-20(24)26-18)13-25-15(2)23/h13,17-20,24H,1,6-12H2,2-5H3/b16-13+/t17-,18+,19-,20-,22+/m0/s1. The Morgan fingerprint density at radius 1 is 1.38 bits per heavy atom. The lowest BCUT2D eigenvalue weighted by Gasteiger charge is -2.58. The van der Waals surface area contributed by atoms with E-state index in [2.05, 4.69) is 27.4 Å². The van der Waals surface area contributed by atoms with Gasteiger partial charge in [0.25, 0.3) is 0 Å². The van der Waals surface area contributed by atoms with E-state index in [1.165, 1.54) is 44.4 Å². The molecule has 146 valence electrons. The molecule has 0 aromatic rings. The Kier molecular flexibility index (Phi) is 5.38. The molecule has 1 aliphatic heterocycles. The molecule has 5 atom stereocenters. The fourth-order valence-corrected chi connectivity index (χ4v) is 6.07. The summed E-state index contributed by atoms with van der Waals surface area (Å²) >= 11 is 0. The van der Waals surface area contributed by atoms with Crippen molar-refractivity contribution in [3.05, 3.63) is 24.0 Å². The fourth-order valence-electron chi connectivity index (χ4n) is 6.07. The molecule has 1 saturated heterocycles. The molecule has 26 heavy (non-hydrogen) atoms. The highest BCUT2D eigenvalue weighted by molar-refractivity contribution is 5.66. The number of aliphatic hydroxyl groups excluding tert-OH is 1. The maximum absolute atomic E-state index is 11.2. The highest BCUT2D eigenvalue weighted by atomic mass is 16.6. The Hall–Kier alpha value is -1.13. The van der Waals surface area contributed by atoms with E-state index >= 15 is 0 Å². The quantitative estimate of drug-likeness (QED) is 0.448. The summed E-state index contributed by atoms with van der Waals surface area (Å²) in [5, 5.41) is 9.98. The molecule has 0 aromatic carbocycles. The SMILES string of the molecule is C=C1CC[C@H]2C(C)(C)CCC[C@]2(C)[C@H]1C[C@H]1O[C@H](O)C/C1=C\OC(C)=O. The van der Waals surface area contributed by atoms with Gasteiger partial charge in [-0.05, 0) is 60.3 Å². The first-order valence-electron chi connectivity index (χ1n) is 10.0. The summed E-state index contributed by atoms with van der Waals surface area (Å²) in [6.45, 7) is 13.1. The van der Waals surface area contributed by atoms with Crippen molar-refractivity contribution in [2.75, 3.05) is 0 Å². The van der Waals surface area contributed by atoms with Crippen LogP contribution in [0.4, 0.5) is 0 Å². The number of ether oxygens (including phenoxy) is 2. The van der Waals surface area contributed by atoms with Crippen molar-refractivity contribution < 1.29 is 19.4 Å². The van der Waals surface area contributed by atoms with Gasteiger partial charge in [-0.1, -0.05) is 39.3 Å². The van der Waals surface area contributed by atoms with Crippen molar-refractivity contribution in [3.63, 3.8) is 0 Å². The van der Waals surface area contributed by atoms with Crippen molar-refractivity contribution in [3.8, 4) is 0 Å². The molecule has 3 rings (SSSR count). The van der Waals surface area contributed by atoms with Crippen molar-refractivity contribution in [2.24, 2.45) is 22.7 Å². The van der Waals surface area contributed by atoms with Crippen LogP contribution in [0.15, 0.2) is 24.0 Å². The zero-order chi connectivity index (χ0) is 19.1. The molecule has 0 spiro atoms. The lowest BCUT2D eigenvalue weighted by Crippen LogP contribution is -2.50. The molecule has 2 aliphatic carbocycles. The van der Waals surface area contributed by atoms with Gasteiger partial charge < -0.3 is 14.6 Å². The van der Waals surface area contributed by atoms with Crippen LogP contribution in [0.5, 0.6) is 0 Å². The molecule has 0 amide bonds. The van der Waals surface area contributed by atoms with Crippen LogP contribution in [-0.4, -0.2) is 23.5 Å². The number of carbonyl (C=O) groups excluding carboxylic acids is 1. The second-order valence-electron chi connectivity index (χ2n) is 9.47. The topological polar surface area (TPSA) is 55.8 Å². The second-order valence-corrected chi connectivity index (χ2v) is 9.47. The number of allylic oxidation sites excluding steroid dienone is 1. The van der Waals surface area contributed by atoms with Gasteiger partial charge in [-0.2, -0.15) is 0 Å². The van der Waals surface area contributed by atoms with Gasteiger partial charge in [0.2, 0.25) is 0 Å². The van der Waals surface area contributed by atoms with Crippen LogP contribution < -0.4 is 0 Å². The van der Waals surface area contributed by atoms with E-state index in [1.54, 1.807) is 0 Å². The summed E-state index contributed by atoms with van der Waals surface area (Å²) in [4.78, 5) is 11.2. The summed E-state index contributed by atoms with van der Waals surface area (Å²) in [5.41, 5.74) is 2.78. The molecule has 0 unspecified atom stereocenters. The van der Waals surface area contributed by atoms with Crippen LogP contribution in [-0.2, 0) is 14.3 Å². The molecule has 0 bridgehead atoms. The van der Waals surface area contributed by atoms with Crippen LogP contribution in [0, 0.1) is 22.7 Å².